The Balaban J connectivity index is 1.35. The second-order valence-corrected chi connectivity index (χ2v) is 10.5. The van der Waals surface area contributed by atoms with E-state index in [1.807, 2.05) is 56.3 Å². The number of aromatic hydroxyl groups is 1. The number of rotatable bonds is 9. The van der Waals surface area contributed by atoms with Gasteiger partial charge in [0.2, 0.25) is 0 Å². The van der Waals surface area contributed by atoms with Crippen molar-refractivity contribution in [2.75, 3.05) is 13.2 Å². The fourth-order valence-electron chi connectivity index (χ4n) is 4.06. The van der Waals surface area contributed by atoms with E-state index in [9.17, 15) is 5.11 Å². The summed E-state index contributed by atoms with van der Waals surface area (Å²) in [6.45, 7) is 11.3. The van der Waals surface area contributed by atoms with E-state index in [0.717, 1.165) is 11.3 Å². The molecule has 1 aliphatic heterocycles. The first-order chi connectivity index (χ1) is 17.1. The zero-order chi connectivity index (χ0) is 25.8. The van der Waals surface area contributed by atoms with Crippen molar-refractivity contribution in [1.82, 2.24) is 0 Å². The average molecular weight is 493 g/mol. The number of phenols is 1. The normalized spacial score (nSPS) is 19.1. The molecular formula is C30H36O6. The first-order valence-electron chi connectivity index (χ1n) is 12.3. The van der Waals surface area contributed by atoms with Crippen LogP contribution in [-0.2, 0) is 21.5 Å². The smallest absolute Gasteiger partial charge is 0.164 e. The van der Waals surface area contributed by atoms with E-state index in [4.69, 9.17) is 23.7 Å². The zero-order valence-corrected chi connectivity index (χ0v) is 21.7. The van der Waals surface area contributed by atoms with Gasteiger partial charge in [-0.15, -0.1) is 0 Å². The Kier molecular flexibility index (Phi) is 7.76. The van der Waals surface area contributed by atoms with Gasteiger partial charge in [-0.05, 0) is 42.5 Å². The Morgan fingerprint density at radius 1 is 0.750 bits per heavy atom. The topological polar surface area (TPSA) is 66.4 Å². The van der Waals surface area contributed by atoms with Gasteiger partial charge in [-0.1, -0.05) is 63.2 Å². The molecule has 0 spiro atoms. The lowest BCUT2D eigenvalue weighted by Crippen LogP contribution is -2.33. The van der Waals surface area contributed by atoms with Crippen LogP contribution < -0.4 is 14.2 Å². The van der Waals surface area contributed by atoms with Crippen LogP contribution in [0.25, 0.3) is 0 Å². The molecule has 2 atom stereocenters. The third-order valence-electron chi connectivity index (χ3n) is 5.95. The summed E-state index contributed by atoms with van der Waals surface area (Å²) < 4.78 is 30.0. The zero-order valence-electron chi connectivity index (χ0n) is 21.7. The third-order valence-corrected chi connectivity index (χ3v) is 5.95. The van der Waals surface area contributed by atoms with Gasteiger partial charge in [0, 0.05) is 18.2 Å². The number of hydrogen-bond donors (Lipinski definition) is 1. The molecule has 0 amide bonds. The second-order valence-electron chi connectivity index (χ2n) is 10.5. The van der Waals surface area contributed by atoms with Gasteiger partial charge in [-0.25, -0.2) is 0 Å². The molecule has 1 heterocycles. The molecule has 1 aliphatic rings. The summed E-state index contributed by atoms with van der Waals surface area (Å²) in [7, 11) is 0. The minimum absolute atomic E-state index is 0.0677. The molecule has 0 radical (unpaired) electrons. The van der Waals surface area contributed by atoms with Gasteiger partial charge in [0.1, 0.15) is 55.0 Å². The molecule has 6 heteroatoms. The molecular weight excluding hydrogens is 456 g/mol. The summed E-state index contributed by atoms with van der Waals surface area (Å²) in [4.78, 5) is 0. The Labute approximate surface area is 213 Å². The van der Waals surface area contributed by atoms with Crippen molar-refractivity contribution in [1.29, 1.82) is 0 Å². The minimum atomic E-state index is -0.749. The van der Waals surface area contributed by atoms with Crippen LogP contribution in [0.1, 0.15) is 45.7 Å². The summed E-state index contributed by atoms with van der Waals surface area (Å²) in [5, 5.41) is 10.2. The molecule has 192 valence electrons. The minimum Gasteiger partial charge on any atom is -0.508 e. The summed E-state index contributed by atoms with van der Waals surface area (Å²) in [5.41, 5.74) is 2.38. The Morgan fingerprint density at radius 3 is 1.89 bits per heavy atom. The highest BCUT2D eigenvalue weighted by Gasteiger charge is 2.42. The molecule has 6 nitrogen and oxygen atoms in total. The van der Waals surface area contributed by atoms with Crippen LogP contribution in [-0.4, -0.2) is 36.3 Å². The van der Waals surface area contributed by atoms with Gasteiger partial charge >= 0.3 is 0 Å². The van der Waals surface area contributed by atoms with Crippen molar-refractivity contribution in [2.24, 2.45) is 0 Å². The molecule has 0 bridgehead atoms. The van der Waals surface area contributed by atoms with Crippen LogP contribution in [0.5, 0.6) is 23.0 Å². The Morgan fingerprint density at radius 2 is 1.31 bits per heavy atom. The van der Waals surface area contributed by atoms with E-state index < -0.39 is 5.79 Å². The highest BCUT2D eigenvalue weighted by Crippen LogP contribution is 2.32. The molecule has 4 rings (SSSR count). The van der Waals surface area contributed by atoms with E-state index in [-0.39, 0.29) is 30.0 Å². The molecule has 0 aliphatic carbocycles. The molecule has 0 saturated carbocycles. The second kappa shape index (κ2) is 10.8. The Hall–Kier alpha value is -3.22. The molecule has 3 aromatic carbocycles. The largest absolute Gasteiger partial charge is 0.508 e. The van der Waals surface area contributed by atoms with Crippen LogP contribution in [0.4, 0.5) is 0 Å². The van der Waals surface area contributed by atoms with Crippen LogP contribution in [0.15, 0.2) is 72.8 Å². The number of hydrogen-bond acceptors (Lipinski definition) is 6. The number of ether oxygens (including phenoxy) is 5. The number of benzene rings is 3. The van der Waals surface area contributed by atoms with Crippen LogP contribution in [0.3, 0.4) is 0 Å². The van der Waals surface area contributed by atoms with Gasteiger partial charge in [0.05, 0.1) is 0 Å². The van der Waals surface area contributed by atoms with Gasteiger partial charge in [-0.3, -0.25) is 0 Å². The van der Waals surface area contributed by atoms with E-state index >= 15 is 0 Å². The maximum Gasteiger partial charge on any atom is 0.164 e. The molecule has 1 N–H and O–H groups in total. The quantitative estimate of drug-likeness (QED) is 0.381. The molecule has 1 fully saturated rings. The SMILES string of the molecule is CC1(C)O[C@@H](COc2ccc(C(C)(C)C)cc2)[C@H](COc2cc(O)cc(OCc3ccccc3)c2)O1. The fourth-order valence-corrected chi connectivity index (χ4v) is 4.06. The fraction of sp³-hybridized carbons (Fsp3) is 0.400. The molecule has 0 unspecified atom stereocenters. The van der Waals surface area contributed by atoms with Crippen molar-refractivity contribution in [3.63, 3.8) is 0 Å². The molecule has 36 heavy (non-hydrogen) atoms. The lowest BCUT2D eigenvalue weighted by molar-refractivity contribution is -0.150. The Bertz CT molecular complexity index is 1120. The lowest BCUT2D eigenvalue weighted by atomic mass is 9.87. The summed E-state index contributed by atoms with van der Waals surface area (Å²) in [6.07, 6.45) is -0.654. The van der Waals surface area contributed by atoms with Crippen molar-refractivity contribution in [3.8, 4) is 23.0 Å². The van der Waals surface area contributed by atoms with Crippen LogP contribution >= 0.6 is 0 Å². The van der Waals surface area contributed by atoms with Gasteiger partial charge in [0.15, 0.2) is 5.79 Å². The monoisotopic (exact) mass is 492 g/mol. The highest BCUT2D eigenvalue weighted by atomic mass is 16.8. The van der Waals surface area contributed by atoms with E-state index in [2.05, 4.69) is 32.9 Å². The van der Waals surface area contributed by atoms with Crippen molar-refractivity contribution >= 4 is 0 Å². The summed E-state index contributed by atoms with van der Waals surface area (Å²) in [5.74, 6) is 1.11. The van der Waals surface area contributed by atoms with Crippen LogP contribution in [0.2, 0.25) is 0 Å². The van der Waals surface area contributed by atoms with Gasteiger partial charge in [-0.2, -0.15) is 0 Å². The van der Waals surface area contributed by atoms with Gasteiger partial charge < -0.3 is 28.8 Å². The first-order valence-corrected chi connectivity index (χ1v) is 12.3. The molecule has 0 aromatic heterocycles. The lowest BCUT2D eigenvalue weighted by Gasteiger charge is -2.20. The highest BCUT2D eigenvalue weighted by molar-refractivity contribution is 5.41. The summed E-state index contributed by atoms with van der Waals surface area (Å²) in [6, 6.07) is 22.9. The number of phenolic OH excluding ortho intramolecular Hbond substituents is 1. The van der Waals surface area contributed by atoms with Gasteiger partial charge in [0.25, 0.3) is 0 Å². The van der Waals surface area contributed by atoms with E-state index in [1.54, 1.807) is 18.2 Å². The summed E-state index contributed by atoms with van der Waals surface area (Å²) >= 11 is 0. The standard InChI is InChI=1S/C30H36O6/c1-29(2,3)22-11-13-24(14-12-22)33-19-27-28(36-30(4,5)35-27)20-34-26-16-23(31)15-25(17-26)32-18-21-9-7-6-8-10-21/h6-17,27-28,31H,18-20H2,1-5H3/t27-,28-/m0/s1. The first kappa shape index (κ1) is 25.9. The van der Waals surface area contributed by atoms with E-state index in [1.165, 1.54) is 5.56 Å². The average Bonchev–Trinajstić information content (AvgIpc) is 3.13. The van der Waals surface area contributed by atoms with Crippen molar-refractivity contribution in [3.05, 3.63) is 83.9 Å². The van der Waals surface area contributed by atoms with Crippen molar-refractivity contribution in [2.45, 2.75) is 64.6 Å². The maximum absolute atomic E-state index is 10.2. The van der Waals surface area contributed by atoms with E-state index in [0.29, 0.717) is 24.7 Å². The van der Waals surface area contributed by atoms with Crippen molar-refractivity contribution < 1.29 is 28.8 Å². The molecule has 1 saturated heterocycles. The molecule has 3 aromatic rings. The maximum atomic E-state index is 10.2. The predicted octanol–water partition coefficient (Wildman–Crippen LogP) is 6.25. The van der Waals surface area contributed by atoms with Crippen LogP contribution in [0, 0.1) is 0 Å². The predicted molar refractivity (Wildman–Crippen MR) is 139 cm³/mol. The third kappa shape index (κ3) is 7.15.